The summed E-state index contributed by atoms with van der Waals surface area (Å²) in [5.74, 6) is 0. The SMILES string of the molecule is c1ccn2cc3ncccc3cc2c[nH]c1. The summed E-state index contributed by atoms with van der Waals surface area (Å²) in [7, 11) is 0. The Labute approximate surface area is 92.7 Å². The minimum Gasteiger partial charge on any atom is -0.366 e. The second-order valence-corrected chi connectivity index (χ2v) is 3.60. The maximum absolute atomic E-state index is 4.34. The lowest BCUT2D eigenvalue weighted by molar-refractivity contribution is 1.16. The molecule has 0 spiro atoms. The Morgan fingerprint density at radius 1 is 1.19 bits per heavy atom. The summed E-state index contributed by atoms with van der Waals surface area (Å²) in [4.78, 5) is 7.45. The lowest BCUT2D eigenvalue weighted by atomic mass is 10.2. The number of H-pyrrole nitrogens is 1. The van der Waals surface area contributed by atoms with Gasteiger partial charge in [0.05, 0.1) is 11.0 Å². The van der Waals surface area contributed by atoms with E-state index in [1.807, 2.05) is 53.6 Å². The monoisotopic (exact) mass is 209 g/mol. The van der Waals surface area contributed by atoms with E-state index in [1.54, 1.807) is 0 Å². The van der Waals surface area contributed by atoms with Gasteiger partial charge in [0.25, 0.3) is 0 Å². The molecule has 3 rings (SSSR count). The van der Waals surface area contributed by atoms with Crippen molar-refractivity contribution in [2.75, 3.05) is 0 Å². The zero-order chi connectivity index (χ0) is 10.8. The first kappa shape index (κ1) is 8.97. The van der Waals surface area contributed by atoms with E-state index in [9.17, 15) is 0 Å². The minimum atomic E-state index is 0.994. The Morgan fingerprint density at radius 2 is 2.19 bits per heavy atom. The van der Waals surface area contributed by atoms with Crippen LogP contribution in [-0.4, -0.2) is 14.4 Å². The number of hydrogen-bond acceptors (Lipinski definition) is 1. The van der Waals surface area contributed by atoms with Gasteiger partial charge in [-0.15, -0.1) is 0 Å². The average molecular weight is 209 g/mol. The Morgan fingerprint density at radius 3 is 3.19 bits per heavy atom. The summed E-state index contributed by atoms with van der Waals surface area (Å²) in [6, 6.07) is 10.1. The molecule has 0 radical (unpaired) electrons. The smallest absolute Gasteiger partial charge is 0.0868 e. The first-order valence-electron chi connectivity index (χ1n) is 5.16. The van der Waals surface area contributed by atoms with Crippen molar-refractivity contribution in [3.05, 3.63) is 61.3 Å². The maximum Gasteiger partial charge on any atom is 0.0868 e. The van der Waals surface area contributed by atoms with E-state index in [0.717, 1.165) is 16.4 Å². The number of aromatic amines is 1. The molecular formula is C13H11N3. The Hall–Kier alpha value is -2.29. The van der Waals surface area contributed by atoms with E-state index < -0.39 is 0 Å². The maximum atomic E-state index is 4.34. The van der Waals surface area contributed by atoms with Crippen molar-refractivity contribution in [1.29, 1.82) is 0 Å². The lowest BCUT2D eigenvalue weighted by Gasteiger charge is -2.01. The molecule has 0 unspecified atom stereocenters. The minimum absolute atomic E-state index is 0.994. The molecule has 3 aromatic heterocycles. The van der Waals surface area contributed by atoms with E-state index >= 15 is 0 Å². The number of rotatable bonds is 0. The lowest BCUT2D eigenvalue weighted by Crippen LogP contribution is -1.88. The van der Waals surface area contributed by atoms with Crippen LogP contribution >= 0.6 is 0 Å². The molecule has 0 aliphatic carbocycles. The molecule has 0 aliphatic rings. The first-order valence-corrected chi connectivity index (χ1v) is 5.16. The van der Waals surface area contributed by atoms with Gasteiger partial charge in [-0.25, -0.2) is 0 Å². The molecule has 0 aromatic carbocycles. The number of nitrogens with zero attached hydrogens (tertiary/aromatic N) is 2. The summed E-state index contributed by atoms with van der Waals surface area (Å²) in [6.07, 6.45) is 9.71. The molecule has 3 aromatic rings. The van der Waals surface area contributed by atoms with Crippen LogP contribution in [0.15, 0.2) is 61.3 Å². The van der Waals surface area contributed by atoms with Crippen LogP contribution < -0.4 is 0 Å². The summed E-state index contributed by atoms with van der Waals surface area (Å²) >= 11 is 0. The third-order valence-corrected chi connectivity index (χ3v) is 2.52. The number of fused-ring (bicyclic) bond motifs is 2. The van der Waals surface area contributed by atoms with Crippen molar-refractivity contribution in [3.8, 4) is 0 Å². The summed E-state index contributed by atoms with van der Waals surface area (Å²) in [5, 5.41) is 1.14. The van der Waals surface area contributed by atoms with Crippen molar-refractivity contribution < 1.29 is 0 Å². The van der Waals surface area contributed by atoms with Gasteiger partial charge in [0.15, 0.2) is 0 Å². The van der Waals surface area contributed by atoms with E-state index in [2.05, 4.69) is 22.1 Å². The van der Waals surface area contributed by atoms with Gasteiger partial charge in [-0.05, 0) is 24.3 Å². The summed E-state index contributed by atoms with van der Waals surface area (Å²) in [6.45, 7) is 0. The molecule has 16 heavy (non-hydrogen) atoms. The molecule has 0 aliphatic heterocycles. The standard InChI is InChI=1S/C13H11N3/c1-2-7-16-10-13-11(4-3-6-15-13)8-12(16)9-14-5-1/h1-10,14H. The van der Waals surface area contributed by atoms with Crippen LogP contribution in [0.4, 0.5) is 0 Å². The third-order valence-electron chi connectivity index (χ3n) is 2.52. The summed E-state index contributed by atoms with van der Waals surface area (Å²) in [5.41, 5.74) is 2.09. The Kier molecular flexibility index (Phi) is 2.07. The number of hydrogen-bond donors (Lipinski definition) is 1. The zero-order valence-corrected chi connectivity index (χ0v) is 8.67. The van der Waals surface area contributed by atoms with E-state index in [0.29, 0.717) is 0 Å². The topological polar surface area (TPSA) is 33.1 Å². The Balaban J connectivity index is 2.48. The molecule has 0 bridgehead atoms. The highest BCUT2D eigenvalue weighted by Crippen LogP contribution is 2.12. The summed E-state index contributed by atoms with van der Waals surface area (Å²) < 4.78 is 2.05. The van der Waals surface area contributed by atoms with E-state index in [4.69, 9.17) is 0 Å². The second kappa shape index (κ2) is 3.70. The van der Waals surface area contributed by atoms with Gasteiger partial charge in [0.1, 0.15) is 0 Å². The fraction of sp³-hybridized carbons (Fsp3) is 0. The number of pyridine rings is 2. The largest absolute Gasteiger partial charge is 0.366 e. The fourth-order valence-electron chi connectivity index (χ4n) is 1.73. The third kappa shape index (κ3) is 1.52. The first-order chi connectivity index (χ1) is 7.93. The highest BCUT2D eigenvalue weighted by atomic mass is 14.9. The van der Waals surface area contributed by atoms with Gasteiger partial charge >= 0.3 is 0 Å². The zero-order valence-electron chi connectivity index (χ0n) is 8.67. The predicted octanol–water partition coefficient (Wildman–Crippen LogP) is 2.94. The van der Waals surface area contributed by atoms with Crippen molar-refractivity contribution in [3.63, 3.8) is 0 Å². The second-order valence-electron chi connectivity index (χ2n) is 3.60. The van der Waals surface area contributed by atoms with E-state index in [1.165, 1.54) is 0 Å². The quantitative estimate of drug-likeness (QED) is 0.606. The van der Waals surface area contributed by atoms with Crippen molar-refractivity contribution >= 4 is 16.4 Å². The average Bonchev–Trinajstić information content (AvgIpc) is 2.29. The fourth-order valence-corrected chi connectivity index (χ4v) is 1.73. The van der Waals surface area contributed by atoms with Gasteiger partial charge in [0.2, 0.25) is 0 Å². The van der Waals surface area contributed by atoms with Gasteiger partial charge < -0.3 is 9.38 Å². The van der Waals surface area contributed by atoms with Gasteiger partial charge in [-0.2, -0.15) is 0 Å². The molecule has 0 saturated heterocycles. The molecule has 3 nitrogen and oxygen atoms in total. The van der Waals surface area contributed by atoms with Gasteiger partial charge in [0, 0.05) is 36.4 Å². The molecule has 1 N–H and O–H groups in total. The van der Waals surface area contributed by atoms with Crippen molar-refractivity contribution in [1.82, 2.24) is 14.4 Å². The highest BCUT2D eigenvalue weighted by molar-refractivity contribution is 5.81. The predicted molar refractivity (Wildman–Crippen MR) is 64.7 cm³/mol. The van der Waals surface area contributed by atoms with Gasteiger partial charge in [-0.1, -0.05) is 6.07 Å². The molecule has 78 valence electrons. The highest BCUT2D eigenvalue weighted by Gasteiger charge is 1.94. The number of nitrogens with one attached hydrogen (secondary N) is 1. The van der Waals surface area contributed by atoms with Crippen LogP contribution in [0.1, 0.15) is 0 Å². The molecule has 3 heterocycles. The van der Waals surface area contributed by atoms with E-state index in [-0.39, 0.29) is 0 Å². The van der Waals surface area contributed by atoms with Crippen molar-refractivity contribution in [2.45, 2.75) is 0 Å². The van der Waals surface area contributed by atoms with Crippen LogP contribution in [0.3, 0.4) is 0 Å². The molecule has 0 amide bonds. The molecule has 0 saturated carbocycles. The molecular weight excluding hydrogens is 198 g/mol. The molecule has 0 atom stereocenters. The van der Waals surface area contributed by atoms with Crippen LogP contribution in [0.25, 0.3) is 16.4 Å². The molecule has 3 heteroatoms. The van der Waals surface area contributed by atoms with Crippen LogP contribution in [-0.2, 0) is 0 Å². The normalized spacial score (nSPS) is 10.5. The Bertz CT molecular complexity index is 617. The molecule has 0 fully saturated rings. The van der Waals surface area contributed by atoms with Crippen molar-refractivity contribution in [2.24, 2.45) is 0 Å². The van der Waals surface area contributed by atoms with Crippen LogP contribution in [0, 0.1) is 0 Å². The number of aromatic nitrogens is 3. The van der Waals surface area contributed by atoms with Gasteiger partial charge in [-0.3, -0.25) is 4.98 Å². The van der Waals surface area contributed by atoms with Crippen LogP contribution in [0.2, 0.25) is 0 Å². The van der Waals surface area contributed by atoms with Crippen LogP contribution in [0.5, 0.6) is 0 Å².